The van der Waals surface area contributed by atoms with E-state index in [2.05, 4.69) is 10.6 Å². The van der Waals surface area contributed by atoms with E-state index in [1.165, 1.54) is 33.3 Å². The van der Waals surface area contributed by atoms with Gasteiger partial charge in [-0.25, -0.2) is 12.7 Å². The van der Waals surface area contributed by atoms with E-state index < -0.39 is 16.1 Å². The lowest BCUT2D eigenvalue weighted by molar-refractivity contribution is -0.116. The minimum atomic E-state index is -3.58. The van der Waals surface area contributed by atoms with Crippen molar-refractivity contribution in [3.8, 4) is 11.5 Å². The van der Waals surface area contributed by atoms with Gasteiger partial charge in [-0.2, -0.15) is 0 Å². The summed E-state index contributed by atoms with van der Waals surface area (Å²) < 4.78 is 36.1. The second kappa shape index (κ2) is 8.94. The van der Waals surface area contributed by atoms with Gasteiger partial charge < -0.3 is 20.1 Å². The normalized spacial score (nSPS) is 12.4. The number of hydrogen-bond acceptors (Lipinski definition) is 6. The topological polar surface area (TPSA) is 97.0 Å². The molecular formula is C19H25N3O5S. The van der Waals surface area contributed by atoms with Crippen LogP contribution in [0.2, 0.25) is 0 Å². The van der Waals surface area contributed by atoms with Gasteiger partial charge in [0.25, 0.3) is 0 Å². The molecule has 0 aliphatic carbocycles. The van der Waals surface area contributed by atoms with E-state index in [9.17, 15) is 13.2 Å². The largest absolute Gasteiger partial charge is 0.497 e. The van der Waals surface area contributed by atoms with Crippen LogP contribution in [-0.2, 0) is 14.8 Å². The number of benzene rings is 2. The summed E-state index contributed by atoms with van der Waals surface area (Å²) in [5.41, 5.74) is 1.03. The van der Waals surface area contributed by atoms with Crippen LogP contribution >= 0.6 is 0 Å². The summed E-state index contributed by atoms with van der Waals surface area (Å²) in [7, 11) is 2.41. The highest BCUT2D eigenvalue weighted by molar-refractivity contribution is 7.89. The summed E-state index contributed by atoms with van der Waals surface area (Å²) in [6.45, 7) is 1.69. The van der Waals surface area contributed by atoms with Crippen LogP contribution in [0.3, 0.4) is 0 Å². The van der Waals surface area contributed by atoms with Gasteiger partial charge >= 0.3 is 0 Å². The molecule has 8 nitrogen and oxygen atoms in total. The Hall–Kier alpha value is -2.78. The monoisotopic (exact) mass is 407 g/mol. The Morgan fingerprint density at radius 3 is 2.39 bits per heavy atom. The number of anilines is 2. The summed E-state index contributed by atoms with van der Waals surface area (Å²) in [4.78, 5) is 12.6. The average Bonchev–Trinajstić information content (AvgIpc) is 2.68. The van der Waals surface area contributed by atoms with Crippen LogP contribution in [0, 0.1) is 0 Å². The van der Waals surface area contributed by atoms with Crippen LogP contribution in [0.4, 0.5) is 11.4 Å². The zero-order valence-electron chi connectivity index (χ0n) is 16.5. The summed E-state index contributed by atoms with van der Waals surface area (Å²) >= 11 is 0. The van der Waals surface area contributed by atoms with Crippen molar-refractivity contribution in [2.24, 2.45) is 0 Å². The van der Waals surface area contributed by atoms with Gasteiger partial charge in [-0.1, -0.05) is 6.07 Å². The summed E-state index contributed by atoms with van der Waals surface area (Å²) in [6.07, 6.45) is 0. The molecule has 0 saturated heterocycles. The van der Waals surface area contributed by atoms with Gasteiger partial charge in [0.15, 0.2) is 0 Å². The fourth-order valence-corrected chi connectivity index (χ4v) is 3.36. The number of amides is 1. The Labute approximate surface area is 165 Å². The van der Waals surface area contributed by atoms with E-state index in [0.717, 1.165) is 4.31 Å². The van der Waals surface area contributed by atoms with E-state index >= 15 is 0 Å². The molecule has 0 fully saturated rings. The predicted molar refractivity (Wildman–Crippen MR) is 109 cm³/mol. The number of hydrogen-bond donors (Lipinski definition) is 2. The lowest BCUT2D eigenvalue weighted by atomic mass is 10.2. The number of rotatable bonds is 8. The Bertz CT molecular complexity index is 944. The highest BCUT2D eigenvalue weighted by atomic mass is 32.2. The van der Waals surface area contributed by atoms with Crippen molar-refractivity contribution in [2.75, 3.05) is 38.9 Å². The van der Waals surface area contributed by atoms with Crippen molar-refractivity contribution in [1.82, 2.24) is 4.31 Å². The second-order valence-electron chi connectivity index (χ2n) is 6.24. The van der Waals surface area contributed by atoms with E-state index in [1.807, 2.05) is 0 Å². The van der Waals surface area contributed by atoms with Crippen molar-refractivity contribution in [3.05, 3.63) is 42.5 Å². The van der Waals surface area contributed by atoms with Crippen LogP contribution in [0.1, 0.15) is 6.92 Å². The number of carbonyl (C=O) groups is 1. The van der Waals surface area contributed by atoms with E-state index in [-0.39, 0.29) is 10.8 Å². The Morgan fingerprint density at radius 1 is 1.07 bits per heavy atom. The maximum atomic E-state index is 12.5. The van der Waals surface area contributed by atoms with Crippen LogP contribution in [0.15, 0.2) is 47.4 Å². The van der Waals surface area contributed by atoms with Crippen molar-refractivity contribution in [2.45, 2.75) is 17.9 Å². The van der Waals surface area contributed by atoms with E-state index in [0.29, 0.717) is 22.9 Å². The smallest absolute Gasteiger partial charge is 0.246 e. The van der Waals surface area contributed by atoms with Gasteiger partial charge in [0.2, 0.25) is 15.9 Å². The molecule has 0 unspecified atom stereocenters. The summed E-state index contributed by atoms with van der Waals surface area (Å²) in [5, 5.41) is 5.80. The van der Waals surface area contributed by atoms with Gasteiger partial charge in [0, 0.05) is 25.8 Å². The first-order valence-corrected chi connectivity index (χ1v) is 9.95. The highest BCUT2D eigenvalue weighted by Gasteiger charge is 2.19. The number of carbonyl (C=O) groups excluding carboxylic acids is 1. The predicted octanol–water partition coefficient (Wildman–Crippen LogP) is 2.39. The molecule has 1 amide bonds. The molecule has 1 atom stereocenters. The molecule has 28 heavy (non-hydrogen) atoms. The third-order valence-corrected chi connectivity index (χ3v) is 5.87. The van der Waals surface area contributed by atoms with Gasteiger partial charge in [0.1, 0.15) is 17.5 Å². The standard InChI is InChI=1S/C19H25N3O5S/c1-13(20-17-10-9-15(26-4)12-18(17)27-5)19(23)21-14-7-6-8-16(11-14)28(24,25)22(2)3/h6-13,20H,1-5H3,(H,21,23)/t13-/m1/s1. The quantitative estimate of drug-likeness (QED) is 0.697. The lowest BCUT2D eigenvalue weighted by Crippen LogP contribution is -2.32. The number of ether oxygens (including phenoxy) is 2. The third kappa shape index (κ3) is 4.93. The molecule has 0 aromatic heterocycles. The summed E-state index contributed by atoms with van der Waals surface area (Å²) in [6, 6.07) is 10.7. The molecule has 0 spiro atoms. The van der Waals surface area contributed by atoms with Crippen molar-refractivity contribution in [3.63, 3.8) is 0 Å². The van der Waals surface area contributed by atoms with Crippen molar-refractivity contribution >= 4 is 27.3 Å². The molecular weight excluding hydrogens is 382 g/mol. The number of nitrogens with one attached hydrogen (secondary N) is 2. The molecule has 0 aliphatic rings. The second-order valence-corrected chi connectivity index (χ2v) is 8.39. The Balaban J connectivity index is 2.13. The first-order chi connectivity index (χ1) is 13.2. The highest BCUT2D eigenvalue weighted by Crippen LogP contribution is 2.29. The first-order valence-electron chi connectivity index (χ1n) is 8.51. The molecule has 0 heterocycles. The molecule has 2 rings (SSSR count). The van der Waals surface area contributed by atoms with Crippen LogP contribution in [-0.4, -0.2) is 53.0 Å². The van der Waals surface area contributed by atoms with E-state index in [4.69, 9.17) is 9.47 Å². The minimum Gasteiger partial charge on any atom is -0.497 e. The zero-order valence-corrected chi connectivity index (χ0v) is 17.3. The van der Waals surface area contributed by atoms with Crippen molar-refractivity contribution < 1.29 is 22.7 Å². The van der Waals surface area contributed by atoms with Gasteiger partial charge in [-0.05, 0) is 37.3 Å². The number of nitrogens with zero attached hydrogens (tertiary/aromatic N) is 1. The van der Waals surface area contributed by atoms with Crippen molar-refractivity contribution in [1.29, 1.82) is 0 Å². The Morgan fingerprint density at radius 2 is 1.79 bits per heavy atom. The van der Waals surface area contributed by atoms with E-state index in [1.54, 1.807) is 44.4 Å². The molecule has 0 bridgehead atoms. The van der Waals surface area contributed by atoms with Gasteiger partial charge in [0.05, 0.1) is 24.8 Å². The fourth-order valence-electron chi connectivity index (χ4n) is 2.41. The summed E-state index contributed by atoms with van der Waals surface area (Å²) in [5.74, 6) is 0.855. The SMILES string of the molecule is COc1ccc(N[C@H](C)C(=O)Nc2cccc(S(=O)(=O)N(C)C)c2)c(OC)c1. The maximum absolute atomic E-state index is 12.5. The molecule has 2 N–H and O–H groups in total. The zero-order chi connectivity index (χ0) is 20.9. The van der Waals surface area contributed by atoms with Crippen LogP contribution < -0.4 is 20.1 Å². The average molecular weight is 407 g/mol. The van der Waals surface area contributed by atoms with Crippen LogP contribution in [0.25, 0.3) is 0 Å². The number of sulfonamides is 1. The molecule has 0 radical (unpaired) electrons. The fraction of sp³-hybridized carbons (Fsp3) is 0.316. The minimum absolute atomic E-state index is 0.104. The molecule has 0 aliphatic heterocycles. The molecule has 0 saturated carbocycles. The third-order valence-electron chi connectivity index (χ3n) is 4.05. The number of methoxy groups -OCH3 is 2. The lowest BCUT2D eigenvalue weighted by Gasteiger charge is -2.18. The maximum Gasteiger partial charge on any atom is 0.246 e. The Kier molecular flexibility index (Phi) is 6.87. The molecule has 9 heteroatoms. The molecule has 152 valence electrons. The van der Waals surface area contributed by atoms with Crippen LogP contribution in [0.5, 0.6) is 11.5 Å². The molecule has 2 aromatic carbocycles. The first kappa shape index (κ1) is 21.5. The van der Waals surface area contributed by atoms with Gasteiger partial charge in [-0.15, -0.1) is 0 Å². The van der Waals surface area contributed by atoms with Gasteiger partial charge in [-0.3, -0.25) is 4.79 Å². The molecule has 2 aromatic rings.